The van der Waals surface area contributed by atoms with Crippen LogP contribution >= 0.6 is 11.6 Å². The second kappa shape index (κ2) is 8.44. The van der Waals surface area contributed by atoms with E-state index in [2.05, 4.69) is 10.6 Å². The van der Waals surface area contributed by atoms with Crippen LogP contribution in [0.3, 0.4) is 0 Å². The molecule has 1 aliphatic carbocycles. The van der Waals surface area contributed by atoms with Crippen molar-refractivity contribution in [3.8, 4) is 5.75 Å². The summed E-state index contributed by atoms with van der Waals surface area (Å²) in [6.45, 7) is 0.824. The monoisotopic (exact) mass is 386 g/mol. The zero-order valence-electron chi connectivity index (χ0n) is 15.3. The summed E-state index contributed by atoms with van der Waals surface area (Å²) in [5, 5.41) is 6.46. The van der Waals surface area contributed by atoms with Gasteiger partial charge < -0.3 is 15.4 Å². The molecule has 0 unspecified atom stereocenters. The molecule has 6 heteroatoms. The molecule has 1 saturated carbocycles. The SMILES string of the molecule is COc1ccccc1CNC(=O)C1(C(=O)NCCc2ccc(Cl)cc2)CC1. The molecular weight excluding hydrogens is 364 g/mol. The third-order valence-corrected chi connectivity index (χ3v) is 5.12. The molecule has 0 spiro atoms. The van der Waals surface area contributed by atoms with E-state index in [-0.39, 0.29) is 11.8 Å². The Balaban J connectivity index is 1.50. The van der Waals surface area contributed by atoms with Gasteiger partial charge in [0, 0.05) is 23.7 Å². The molecule has 1 fully saturated rings. The van der Waals surface area contributed by atoms with Gasteiger partial charge in [0.1, 0.15) is 11.2 Å². The van der Waals surface area contributed by atoms with Crippen molar-refractivity contribution in [3.05, 3.63) is 64.7 Å². The zero-order chi connectivity index (χ0) is 19.3. The Bertz CT molecular complexity index is 816. The van der Waals surface area contributed by atoms with E-state index in [0.717, 1.165) is 16.9 Å². The highest BCUT2D eigenvalue weighted by Gasteiger charge is 2.56. The highest BCUT2D eigenvalue weighted by molar-refractivity contribution is 6.30. The van der Waals surface area contributed by atoms with Gasteiger partial charge in [-0.2, -0.15) is 0 Å². The van der Waals surface area contributed by atoms with Crippen molar-refractivity contribution >= 4 is 23.4 Å². The average Bonchev–Trinajstić information content (AvgIpc) is 3.50. The summed E-state index contributed by atoms with van der Waals surface area (Å²) in [4.78, 5) is 25.1. The van der Waals surface area contributed by atoms with Crippen molar-refractivity contribution in [1.29, 1.82) is 0 Å². The molecular formula is C21H23ClN2O3. The topological polar surface area (TPSA) is 67.4 Å². The van der Waals surface area contributed by atoms with Gasteiger partial charge in [0.25, 0.3) is 0 Å². The van der Waals surface area contributed by atoms with Gasteiger partial charge in [-0.05, 0) is 43.0 Å². The fraction of sp³-hybridized carbons (Fsp3) is 0.333. The number of carbonyl (C=O) groups excluding carboxylic acids is 2. The molecule has 0 heterocycles. The number of hydrogen-bond donors (Lipinski definition) is 2. The largest absolute Gasteiger partial charge is 0.496 e. The van der Waals surface area contributed by atoms with Crippen molar-refractivity contribution in [1.82, 2.24) is 10.6 Å². The summed E-state index contributed by atoms with van der Waals surface area (Å²) in [6.07, 6.45) is 1.86. The van der Waals surface area contributed by atoms with E-state index in [9.17, 15) is 9.59 Å². The molecule has 27 heavy (non-hydrogen) atoms. The van der Waals surface area contributed by atoms with Crippen LogP contribution in [-0.2, 0) is 22.6 Å². The maximum Gasteiger partial charge on any atom is 0.235 e. The highest BCUT2D eigenvalue weighted by Crippen LogP contribution is 2.46. The number of hydrogen-bond acceptors (Lipinski definition) is 3. The zero-order valence-corrected chi connectivity index (χ0v) is 16.0. The lowest BCUT2D eigenvalue weighted by Gasteiger charge is -2.16. The van der Waals surface area contributed by atoms with E-state index in [4.69, 9.17) is 16.3 Å². The van der Waals surface area contributed by atoms with Gasteiger partial charge >= 0.3 is 0 Å². The van der Waals surface area contributed by atoms with Crippen LogP contribution in [0.25, 0.3) is 0 Å². The summed E-state index contributed by atoms with van der Waals surface area (Å²) in [7, 11) is 1.59. The minimum absolute atomic E-state index is 0.200. The van der Waals surface area contributed by atoms with Crippen LogP contribution in [-0.4, -0.2) is 25.5 Å². The Labute approximate surface area is 164 Å². The van der Waals surface area contributed by atoms with Gasteiger partial charge in [0.2, 0.25) is 11.8 Å². The summed E-state index contributed by atoms with van der Waals surface area (Å²) < 4.78 is 5.29. The van der Waals surface area contributed by atoms with Gasteiger partial charge in [0.05, 0.1) is 7.11 Å². The molecule has 5 nitrogen and oxygen atoms in total. The van der Waals surface area contributed by atoms with Crippen molar-refractivity contribution in [2.24, 2.45) is 5.41 Å². The third-order valence-electron chi connectivity index (χ3n) is 4.86. The second-order valence-electron chi connectivity index (χ2n) is 6.71. The molecule has 3 rings (SSSR count). The standard InChI is InChI=1S/C21H23ClN2O3/c1-27-18-5-3-2-4-16(18)14-24-20(26)21(11-12-21)19(25)23-13-10-15-6-8-17(22)9-7-15/h2-9H,10-14H2,1H3,(H,23,25)(H,24,26). The molecule has 0 atom stereocenters. The minimum atomic E-state index is -0.929. The fourth-order valence-corrected chi connectivity index (χ4v) is 3.14. The van der Waals surface area contributed by atoms with E-state index in [1.54, 1.807) is 7.11 Å². The highest BCUT2D eigenvalue weighted by atomic mass is 35.5. The molecule has 2 amide bonds. The lowest BCUT2D eigenvalue weighted by molar-refractivity contribution is -0.137. The first-order valence-corrected chi connectivity index (χ1v) is 9.36. The second-order valence-corrected chi connectivity index (χ2v) is 7.15. The average molecular weight is 387 g/mol. The molecule has 0 aromatic heterocycles. The van der Waals surface area contributed by atoms with Crippen LogP contribution < -0.4 is 15.4 Å². The molecule has 0 saturated heterocycles. The number of ether oxygens (including phenoxy) is 1. The van der Waals surface area contributed by atoms with Crippen LogP contribution in [0.4, 0.5) is 0 Å². The van der Waals surface area contributed by atoms with Crippen LogP contribution in [0.15, 0.2) is 48.5 Å². The number of halogens is 1. The number of carbonyl (C=O) groups is 2. The van der Waals surface area contributed by atoms with Crippen molar-refractivity contribution in [2.75, 3.05) is 13.7 Å². The fourth-order valence-electron chi connectivity index (χ4n) is 3.02. The van der Waals surface area contributed by atoms with Crippen LogP contribution in [0.1, 0.15) is 24.0 Å². The third kappa shape index (κ3) is 4.61. The van der Waals surface area contributed by atoms with E-state index in [0.29, 0.717) is 37.4 Å². The predicted octanol–water partition coefficient (Wildman–Crippen LogP) is 3.10. The molecule has 2 aromatic carbocycles. The van der Waals surface area contributed by atoms with Gasteiger partial charge in [-0.25, -0.2) is 0 Å². The summed E-state index contributed by atoms with van der Waals surface area (Å²) >= 11 is 5.87. The predicted molar refractivity (Wildman–Crippen MR) is 105 cm³/mol. The Kier molecular flexibility index (Phi) is 6.01. The Hall–Kier alpha value is -2.53. The Morgan fingerprint density at radius 3 is 2.37 bits per heavy atom. The maximum atomic E-state index is 12.6. The first-order valence-electron chi connectivity index (χ1n) is 8.98. The quantitative estimate of drug-likeness (QED) is 0.685. The van der Waals surface area contributed by atoms with E-state index in [1.807, 2.05) is 48.5 Å². The number of rotatable bonds is 8. The summed E-state index contributed by atoms with van der Waals surface area (Å²) in [6, 6.07) is 15.0. The van der Waals surface area contributed by atoms with E-state index >= 15 is 0 Å². The van der Waals surface area contributed by atoms with Crippen molar-refractivity contribution in [2.45, 2.75) is 25.8 Å². The van der Waals surface area contributed by atoms with Crippen LogP contribution in [0.2, 0.25) is 5.02 Å². The lowest BCUT2D eigenvalue weighted by Crippen LogP contribution is -2.43. The molecule has 0 aliphatic heterocycles. The van der Waals surface area contributed by atoms with Crippen LogP contribution in [0, 0.1) is 5.41 Å². The summed E-state index contributed by atoms with van der Waals surface area (Å²) in [5.74, 6) is 0.293. The van der Waals surface area contributed by atoms with Gasteiger partial charge in [-0.3, -0.25) is 9.59 Å². The smallest absolute Gasteiger partial charge is 0.235 e. The van der Waals surface area contributed by atoms with Gasteiger partial charge in [-0.15, -0.1) is 0 Å². The van der Waals surface area contributed by atoms with E-state index < -0.39 is 5.41 Å². The minimum Gasteiger partial charge on any atom is -0.496 e. The Morgan fingerprint density at radius 2 is 1.70 bits per heavy atom. The molecule has 0 radical (unpaired) electrons. The number of nitrogens with one attached hydrogen (secondary N) is 2. The van der Waals surface area contributed by atoms with Crippen molar-refractivity contribution < 1.29 is 14.3 Å². The van der Waals surface area contributed by atoms with E-state index in [1.165, 1.54) is 0 Å². The van der Waals surface area contributed by atoms with Gasteiger partial charge in [-0.1, -0.05) is 41.9 Å². The molecule has 1 aliphatic rings. The van der Waals surface area contributed by atoms with Crippen LogP contribution in [0.5, 0.6) is 5.75 Å². The van der Waals surface area contributed by atoms with Gasteiger partial charge in [0.15, 0.2) is 0 Å². The first kappa shape index (κ1) is 19.2. The lowest BCUT2D eigenvalue weighted by atomic mass is 10.0. The molecule has 2 aromatic rings. The number of amides is 2. The number of para-hydroxylation sites is 1. The molecule has 2 N–H and O–H groups in total. The maximum absolute atomic E-state index is 12.6. The normalized spacial score (nSPS) is 14.3. The number of benzene rings is 2. The first-order chi connectivity index (χ1) is 13.0. The number of methoxy groups -OCH3 is 1. The summed E-state index contributed by atoms with van der Waals surface area (Å²) in [5.41, 5.74) is 1.04. The molecule has 0 bridgehead atoms. The molecule has 142 valence electrons. The Morgan fingerprint density at radius 1 is 1.04 bits per heavy atom. The van der Waals surface area contributed by atoms with Crippen molar-refractivity contribution in [3.63, 3.8) is 0 Å².